The molecule has 0 spiro atoms. The molecule has 1 amide bonds. The molecule has 1 unspecified atom stereocenters. The number of piperazine rings is 1. The standard InChI is InChI=1S/C23H33N5O2S/c1-23(19-3-4-21(24-17-19)27-15-13-26(2)14-16-27)9-5-20(6-10-23)31-28-11-7-18(8-12-28)22(29)25-30/h3-5,7,9,17,20,30H,6,8,10-16H2,1-2H3,(H,25,29)/t20?,23-/m1/s1. The van der Waals surface area contributed by atoms with E-state index in [1.165, 1.54) is 5.56 Å². The summed E-state index contributed by atoms with van der Waals surface area (Å²) in [6.07, 6.45) is 11.5. The van der Waals surface area contributed by atoms with Crippen molar-refractivity contribution in [2.24, 2.45) is 0 Å². The molecule has 0 bridgehead atoms. The zero-order valence-corrected chi connectivity index (χ0v) is 19.3. The van der Waals surface area contributed by atoms with E-state index in [-0.39, 0.29) is 11.3 Å². The average molecular weight is 444 g/mol. The number of allylic oxidation sites excluding steroid dienone is 1. The third kappa shape index (κ3) is 5.31. The number of hydrogen-bond acceptors (Lipinski definition) is 7. The molecule has 0 saturated carbocycles. The summed E-state index contributed by atoms with van der Waals surface area (Å²) in [6.45, 7) is 8.11. The number of hydrogen-bond donors (Lipinski definition) is 2. The van der Waals surface area contributed by atoms with Crippen LogP contribution < -0.4 is 10.4 Å². The predicted molar refractivity (Wildman–Crippen MR) is 125 cm³/mol. The van der Waals surface area contributed by atoms with Crippen LogP contribution in [-0.4, -0.2) is 76.9 Å². The van der Waals surface area contributed by atoms with Gasteiger partial charge in [-0.3, -0.25) is 10.0 Å². The zero-order valence-electron chi connectivity index (χ0n) is 18.5. The predicted octanol–water partition coefficient (Wildman–Crippen LogP) is 2.60. The van der Waals surface area contributed by atoms with Gasteiger partial charge in [-0.25, -0.2) is 14.8 Å². The van der Waals surface area contributed by atoms with E-state index >= 15 is 0 Å². The molecule has 168 valence electrons. The van der Waals surface area contributed by atoms with Crippen LogP contribution in [0, 0.1) is 0 Å². The Morgan fingerprint density at radius 3 is 2.65 bits per heavy atom. The topological polar surface area (TPSA) is 71.9 Å². The Labute approximate surface area is 189 Å². The maximum Gasteiger partial charge on any atom is 0.270 e. The summed E-state index contributed by atoms with van der Waals surface area (Å²) < 4.78 is 2.30. The zero-order chi connectivity index (χ0) is 21.8. The van der Waals surface area contributed by atoms with Gasteiger partial charge < -0.3 is 9.80 Å². The molecule has 2 aliphatic heterocycles. The van der Waals surface area contributed by atoms with Crippen LogP contribution in [0.1, 0.15) is 31.7 Å². The van der Waals surface area contributed by atoms with Crippen LogP contribution in [0.15, 0.2) is 42.1 Å². The third-order valence-electron chi connectivity index (χ3n) is 6.71. The fraction of sp³-hybridized carbons (Fsp3) is 0.565. The average Bonchev–Trinajstić information content (AvgIpc) is 2.81. The number of aromatic nitrogens is 1. The van der Waals surface area contributed by atoms with Crippen molar-refractivity contribution >= 4 is 23.7 Å². The monoisotopic (exact) mass is 443 g/mol. The molecule has 7 nitrogen and oxygen atoms in total. The van der Waals surface area contributed by atoms with Crippen LogP contribution in [0.25, 0.3) is 0 Å². The first-order valence-electron chi connectivity index (χ1n) is 11.1. The van der Waals surface area contributed by atoms with Gasteiger partial charge in [-0.1, -0.05) is 43.2 Å². The molecule has 31 heavy (non-hydrogen) atoms. The Balaban J connectivity index is 1.33. The second-order valence-electron chi connectivity index (χ2n) is 8.96. The van der Waals surface area contributed by atoms with Gasteiger partial charge in [0.25, 0.3) is 5.91 Å². The van der Waals surface area contributed by atoms with Crippen LogP contribution in [0.4, 0.5) is 5.82 Å². The van der Waals surface area contributed by atoms with Gasteiger partial charge in [-0.2, -0.15) is 0 Å². The summed E-state index contributed by atoms with van der Waals surface area (Å²) in [5, 5.41) is 9.22. The largest absolute Gasteiger partial charge is 0.354 e. The first-order valence-corrected chi connectivity index (χ1v) is 11.9. The summed E-state index contributed by atoms with van der Waals surface area (Å²) in [5.74, 6) is 0.700. The van der Waals surface area contributed by atoms with E-state index in [1.54, 1.807) is 5.48 Å². The van der Waals surface area contributed by atoms with Gasteiger partial charge in [0.05, 0.1) is 0 Å². The van der Waals surface area contributed by atoms with Crippen LogP contribution >= 0.6 is 11.9 Å². The number of anilines is 1. The fourth-order valence-electron chi connectivity index (χ4n) is 4.43. The van der Waals surface area contributed by atoms with Crippen LogP contribution in [0.5, 0.6) is 0 Å². The minimum atomic E-state index is -0.384. The molecule has 2 N–H and O–H groups in total. The van der Waals surface area contributed by atoms with Gasteiger partial charge in [-0.15, -0.1) is 0 Å². The van der Waals surface area contributed by atoms with Crippen molar-refractivity contribution in [1.29, 1.82) is 0 Å². The number of rotatable bonds is 5. The van der Waals surface area contributed by atoms with E-state index in [0.29, 0.717) is 17.2 Å². The van der Waals surface area contributed by atoms with Gasteiger partial charge in [0.2, 0.25) is 0 Å². The molecular weight excluding hydrogens is 410 g/mol. The maximum atomic E-state index is 11.5. The molecular formula is C23H33N5O2S. The molecule has 4 rings (SSSR count). The Kier molecular flexibility index (Phi) is 7.01. The van der Waals surface area contributed by atoms with E-state index in [2.05, 4.69) is 58.6 Å². The van der Waals surface area contributed by atoms with Crippen molar-refractivity contribution in [3.05, 3.63) is 47.7 Å². The van der Waals surface area contributed by atoms with E-state index in [9.17, 15) is 4.79 Å². The van der Waals surface area contributed by atoms with Gasteiger partial charge in [0.1, 0.15) is 5.82 Å². The molecule has 1 aliphatic carbocycles. The van der Waals surface area contributed by atoms with Crippen molar-refractivity contribution in [3.8, 4) is 0 Å². The summed E-state index contributed by atoms with van der Waals surface area (Å²) in [6, 6.07) is 4.43. The molecule has 8 heteroatoms. The lowest BCUT2D eigenvalue weighted by molar-refractivity contribution is -0.125. The molecule has 0 aromatic carbocycles. The molecule has 1 aromatic heterocycles. The summed E-state index contributed by atoms with van der Waals surface area (Å²) in [5.41, 5.74) is 3.70. The Bertz CT molecular complexity index is 835. The van der Waals surface area contributed by atoms with Gasteiger partial charge >= 0.3 is 0 Å². The molecule has 1 aromatic rings. The molecule has 2 atom stereocenters. The van der Waals surface area contributed by atoms with Crippen molar-refractivity contribution in [2.75, 3.05) is 51.2 Å². The molecule has 3 heterocycles. The molecule has 1 fully saturated rings. The summed E-state index contributed by atoms with van der Waals surface area (Å²) in [4.78, 5) is 21.0. The Morgan fingerprint density at radius 1 is 1.26 bits per heavy atom. The van der Waals surface area contributed by atoms with E-state index < -0.39 is 0 Å². The highest BCUT2D eigenvalue weighted by Crippen LogP contribution is 2.39. The lowest BCUT2D eigenvalue weighted by Gasteiger charge is -2.35. The lowest BCUT2D eigenvalue weighted by atomic mass is 9.76. The number of carbonyl (C=O) groups is 1. The molecule has 3 aliphatic rings. The minimum Gasteiger partial charge on any atom is -0.354 e. The minimum absolute atomic E-state index is 0.0267. The van der Waals surface area contributed by atoms with E-state index in [1.807, 2.05) is 18.0 Å². The summed E-state index contributed by atoms with van der Waals surface area (Å²) in [7, 11) is 2.17. The second-order valence-corrected chi connectivity index (χ2v) is 10.3. The quantitative estimate of drug-likeness (QED) is 0.314. The molecule has 1 saturated heterocycles. The first-order chi connectivity index (χ1) is 15.0. The van der Waals surface area contributed by atoms with Crippen molar-refractivity contribution < 1.29 is 10.0 Å². The summed E-state index contributed by atoms with van der Waals surface area (Å²) >= 11 is 1.86. The normalized spacial score (nSPS) is 27.8. The fourth-order valence-corrected chi connectivity index (χ4v) is 5.54. The highest BCUT2D eigenvalue weighted by molar-refractivity contribution is 7.97. The van der Waals surface area contributed by atoms with Crippen LogP contribution in [-0.2, 0) is 10.2 Å². The Hall–Kier alpha value is -1.87. The van der Waals surface area contributed by atoms with E-state index in [0.717, 1.165) is 57.9 Å². The van der Waals surface area contributed by atoms with E-state index in [4.69, 9.17) is 10.2 Å². The SMILES string of the molecule is CN1CCN(c2ccc([C@]3(C)C=CC(SN4CC=C(C(=O)NO)CC4)CC3)cn2)CC1. The second kappa shape index (κ2) is 9.73. The number of likely N-dealkylation sites (N-methyl/N-ethyl adjacent to an activating group) is 1. The first kappa shape index (κ1) is 22.3. The number of amides is 1. The van der Waals surface area contributed by atoms with Crippen LogP contribution in [0.3, 0.4) is 0 Å². The van der Waals surface area contributed by atoms with Crippen molar-refractivity contribution in [3.63, 3.8) is 0 Å². The third-order valence-corrected chi connectivity index (χ3v) is 8.00. The highest BCUT2D eigenvalue weighted by atomic mass is 32.2. The highest BCUT2D eigenvalue weighted by Gasteiger charge is 2.30. The van der Waals surface area contributed by atoms with Crippen molar-refractivity contribution in [2.45, 2.75) is 36.9 Å². The number of hydroxylamine groups is 1. The number of pyridine rings is 1. The lowest BCUT2D eigenvalue weighted by Crippen LogP contribution is -2.44. The Morgan fingerprint density at radius 2 is 2.06 bits per heavy atom. The molecule has 0 radical (unpaired) electrons. The number of nitrogens with one attached hydrogen (secondary N) is 1. The van der Waals surface area contributed by atoms with Gasteiger partial charge in [0.15, 0.2) is 0 Å². The van der Waals surface area contributed by atoms with Gasteiger partial charge in [0, 0.05) is 61.7 Å². The number of nitrogens with zero attached hydrogens (tertiary/aromatic N) is 4. The smallest absolute Gasteiger partial charge is 0.270 e. The number of carbonyl (C=O) groups excluding carboxylic acids is 1. The maximum absolute atomic E-state index is 11.5. The van der Waals surface area contributed by atoms with Crippen LogP contribution in [0.2, 0.25) is 0 Å². The van der Waals surface area contributed by atoms with Crippen molar-refractivity contribution in [1.82, 2.24) is 19.7 Å². The van der Waals surface area contributed by atoms with Gasteiger partial charge in [-0.05, 0) is 37.9 Å².